The van der Waals surface area contributed by atoms with Crippen LogP contribution < -0.4 is 0 Å². The standard InChI is InChI=1S/C10H20N2O4/c1-8(10(15)16)12-4-2-11(3-5-12)6-9(14)7-13/h8-9,13-14H,2-7H2,1H3,(H,15,16). The molecule has 0 saturated carbocycles. The van der Waals surface area contributed by atoms with Gasteiger partial charge in [-0.1, -0.05) is 0 Å². The molecule has 0 aliphatic carbocycles. The summed E-state index contributed by atoms with van der Waals surface area (Å²) in [6.07, 6.45) is -0.705. The summed E-state index contributed by atoms with van der Waals surface area (Å²) in [6.45, 7) is 4.73. The van der Waals surface area contributed by atoms with Crippen LogP contribution in [0.15, 0.2) is 0 Å². The maximum atomic E-state index is 10.8. The Bertz CT molecular complexity index is 229. The Morgan fingerprint density at radius 1 is 1.31 bits per heavy atom. The van der Waals surface area contributed by atoms with Gasteiger partial charge in [0, 0.05) is 32.7 Å². The molecule has 94 valence electrons. The monoisotopic (exact) mass is 232 g/mol. The van der Waals surface area contributed by atoms with E-state index in [-0.39, 0.29) is 6.61 Å². The van der Waals surface area contributed by atoms with Gasteiger partial charge in [0.1, 0.15) is 6.04 Å². The van der Waals surface area contributed by atoms with Gasteiger partial charge in [-0.3, -0.25) is 14.6 Å². The summed E-state index contributed by atoms with van der Waals surface area (Å²) in [6, 6.07) is -0.454. The van der Waals surface area contributed by atoms with Gasteiger partial charge in [-0.15, -0.1) is 0 Å². The highest BCUT2D eigenvalue weighted by atomic mass is 16.4. The Labute approximate surface area is 95.1 Å². The van der Waals surface area contributed by atoms with Crippen LogP contribution in [0.5, 0.6) is 0 Å². The molecule has 0 amide bonds. The molecule has 1 fully saturated rings. The van der Waals surface area contributed by atoms with Gasteiger partial charge < -0.3 is 15.3 Å². The number of β-amino-alcohol motifs (C(OH)–C–C–N with tert-alkyl or cyclic N) is 1. The maximum Gasteiger partial charge on any atom is 0.320 e. The number of carboxylic acid groups (broad SMARTS) is 1. The summed E-state index contributed by atoms with van der Waals surface area (Å²) in [7, 11) is 0. The van der Waals surface area contributed by atoms with Crippen LogP contribution in [-0.4, -0.2) is 82.6 Å². The summed E-state index contributed by atoms with van der Waals surface area (Å²) in [5.41, 5.74) is 0. The quantitative estimate of drug-likeness (QED) is 0.531. The fraction of sp³-hybridized carbons (Fsp3) is 0.900. The third kappa shape index (κ3) is 3.71. The third-order valence-corrected chi connectivity index (χ3v) is 2.99. The van der Waals surface area contributed by atoms with E-state index in [1.54, 1.807) is 6.92 Å². The molecule has 0 bridgehead atoms. The van der Waals surface area contributed by atoms with E-state index in [2.05, 4.69) is 0 Å². The highest BCUT2D eigenvalue weighted by Gasteiger charge is 2.25. The average molecular weight is 232 g/mol. The predicted molar refractivity (Wildman–Crippen MR) is 58.2 cm³/mol. The number of carboxylic acids is 1. The zero-order valence-corrected chi connectivity index (χ0v) is 9.54. The molecule has 0 aromatic rings. The molecule has 2 atom stereocenters. The van der Waals surface area contributed by atoms with Crippen LogP contribution in [0.2, 0.25) is 0 Å². The number of aliphatic hydroxyl groups excluding tert-OH is 2. The van der Waals surface area contributed by atoms with Crippen molar-refractivity contribution < 1.29 is 20.1 Å². The molecular weight excluding hydrogens is 212 g/mol. The maximum absolute atomic E-state index is 10.8. The van der Waals surface area contributed by atoms with Crippen molar-refractivity contribution in [3.8, 4) is 0 Å². The zero-order valence-electron chi connectivity index (χ0n) is 9.54. The first-order valence-electron chi connectivity index (χ1n) is 5.52. The fourth-order valence-corrected chi connectivity index (χ4v) is 1.85. The molecule has 1 aliphatic rings. The van der Waals surface area contributed by atoms with Crippen molar-refractivity contribution in [2.24, 2.45) is 0 Å². The van der Waals surface area contributed by atoms with Crippen LogP contribution >= 0.6 is 0 Å². The minimum absolute atomic E-state index is 0.230. The van der Waals surface area contributed by atoms with Crippen molar-refractivity contribution in [1.29, 1.82) is 0 Å². The number of hydrogen-bond acceptors (Lipinski definition) is 5. The summed E-state index contributed by atoms with van der Waals surface area (Å²) in [5, 5.41) is 26.8. The lowest BCUT2D eigenvalue weighted by molar-refractivity contribution is -0.143. The molecule has 16 heavy (non-hydrogen) atoms. The second-order valence-corrected chi connectivity index (χ2v) is 4.19. The van der Waals surface area contributed by atoms with E-state index in [0.29, 0.717) is 19.6 Å². The van der Waals surface area contributed by atoms with Gasteiger partial charge in [0.05, 0.1) is 12.7 Å². The fourth-order valence-electron chi connectivity index (χ4n) is 1.85. The normalized spacial score (nSPS) is 22.9. The molecule has 1 heterocycles. The van der Waals surface area contributed by atoms with Gasteiger partial charge >= 0.3 is 5.97 Å². The van der Waals surface area contributed by atoms with Gasteiger partial charge in [-0.05, 0) is 6.92 Å². The molecular formula is C10H20N2O4. The van der Waals surface area contributed by atoms with Crippen molar-refractivity contribution in [2.75, 3.05) is 39.3 Å². The molecule has 6 nitrogen and oxygen atoms in total. The number of aliphatic hydroxyl groups is 2. The highest BCUT2D eigenvalue weighted by Crippen LogP contribution is 2.06. The van der Waals surface area contributed by atoms with Crippen LogP contribution in [0.25, 0.3) is 0 Å². The van der Waals surface area contributed by atoms with E-state index in [1.165, 1.54) is 0 Å². The van der Waals surface area contributed by atoms with E-state index >= 15 is 0 Å². The van der Waals surface area contributed by atoms with Crippen LogP contribution in [0, 0.1) is 0 Å². The molecule has 0 spiro atoms. The van der Waals surface area contributed by atoms with E-state index < -0.39 is 18.1 Å². The molecule has 1 saturated heterocycles. The molecule has 1 aliphatic heterocycles. The van der Waals surface area contributed by atoms with Crippen LogP contribution in [0.3, 0.4) is 0 Å². The summed E-state index contributed by atoms with van der Waals surface area (Å²) in [5.74, 6) is -0.802. The lowest BCUT2D eigenvalue weighted by Gasteiger charge is -2.37. The molecule has 0 aromatic heterocycles. The first-order chi connectivity index (χ1) is 7.54. The smallest absolute Gasteiger partial charge is 0.320 e. The summed E-state index contributed by atoms with van der Waals surface area (Å²) < 4.78 is 0. The molecule has 3 N–H and O–H groups in total. The largest absolute Gasteiger partial charge is 0.480 e. The Balaban J connectivity index is 2.31. The Morgan fingerprint density at radius 3 is 2.31 bits per heavy atom. The van der Waals surface area contributed by atoms with Gasteiger partial charge in [0.15, 0.2) is 0 Å². The van der Waals surface area contributed by atoms with Crippen molar-refractivity contribution in [3.63, 3.8) is 0 Å². The lowest BCUT2D eigenvalue weighted by atomic mass is 10.2. The van der Waals surface area contributed by atoms with Crippen LogP contribution in [0.1, 0.15) is 6.92 Å². The lowest BCUT2D eigenvalue weighted by Crippen LogP contribution is -2.53. The number of carbonyl (C=O) groups is 1. The predicted octanol–water partition coefficient (Wildman–Crippen LogP) is -1.57. The number of aliphatic carboxylic acids is 1. The average Bonchev–Trinajstić information content (AvgIpc) is 2.28. The zero-order chi connectivity index (χ0) is 12.1. The van der Waals surface area contributed by atoms with Crippen LogP contribution in [-0.2, 0) is 4.79 Å². The minimum atomic E-state index is -0.802. The summed E-state index contributed by atoms with van der Waals surface area (Å²) >= 11 is 0. The molecule has 0 radical (unpaired) electrons. The Hall–Kier alpha value is -0.690. The van der Waals surface area contributed by atoms with Gasteiger partial charge in [-0.25, -0.2) is 0 Å². The van der Waals surface area contributed by atoms with Crippen molar-refractivity contribution in [1.82, 2.24) is 9.80 Å². The van der Waals surface area contributed by atoms with Crippen molar-refractivity contribution >= 4 is 5.97 Å². The molecule has 0 aromatic carbocycles. The van der Waals surface area contributed by atoms with Gasteiger partial charge in [-0.2, -0.15) is 0 Å². The van der Waals surface area contributed by atoms with Gasteiger partial charge in [0.25, 0.3) is 0 Å². The summed E-state index contributed by atoms with van der Waals surface area (Å²) in [4.78, 5) is 14.7. The minimum Gasteiger partial charge on any atom is -0.480 e. The topological polar surface area (TPSA) is 84.2 Å². The van der Waals surface area contributed by atoms with E-state index in [0.717, 1.165) is 13.1 Å². The molecule has 1 rings (SSSR count). The van der Waals surface area contributed by atoms with Gasteiger partial charge in [0.2, 0.25) is 0 Å². The number of nitrogens with zero attached hydrogens (tertiary/aromatic N) is 2. The van der Waals surface area contributed by atoms with E-state index in [4.69, 9.17) is 10.2 Å². The SMILES string of the molecule is CC(C(=O)O)N1CCN(CC(O)CO)CC1. The third-order valence-electron chi connectivity index (χ3n) is 2.99. The first-order valence-corrected chi connectivity index (χ1v) is 5.52. The number of piperazine rings is 1. The van der Waals surface area contributed by atoms with E-state index in [1.807, 2.05) is 9.80 Å². The van der Waals surface area contributed by atoms with Crippen molar-refractivity contribution in [3.05, 3.63) is 0 Å². The highest BCUT2D eigenvalue weighted by molar-refractivity contribution is 5.72. The second-order valence-electron chi connectivity index (χ2n) is 4.19. The molecule has 6 heteroatoms. The molecule has 2 unspecified atom stereocenters. The number of hydrogen-bond donors (Lipinski definition) is 3. The Morgan fingerprint density at radius 2 is 1.88 bits per heavy atom. The second kappa shape index (κ2) is 6.15. The Kier molecular flexibility index (Phi) is 5.14. The first kappa shape index (κ1) is 13.4. The van der Waals surface area contributed by atoms with Crippen LogP contribution in [0.4, 0.5) is 0 Å². The van der Waals surface area contributed by atoms with Crippen molar-refractivity contribution in [2.45, 2.75) is 19.1 Å². The number of rotatable bonds is 5. The van der Waals surface area contributed by atoms with E-state index in [9.17, 15) is 9.90 Å².